The van der Waals surface area contributed by atoms with Gasteiger partial charge in [-0.05, 0) is 37.2 Å². The lowest BCUT2D eigenvalue weighted by Gasteiger charge is -2.08. The highest BCUT2D eigenvalue weighted by atomic mass is 79.9. The minimum absolute atomic E-state index is 0.779. The zero-order valence-electron chi connectivity index (χ0n) is 7.75. The van der Waals surface area contributed by atoms with E-state index in [9.17, 15) is 0 Å². The van der Waals surface area contributed by atoms with Gasteiger partial charge in [0.05, 0.1) is 0 Å². The van der Waals surface area contributed by atoms with E-state index in [0.29, 0.717) is 0 Å². The van der Waals surface area contributed by atoms with Gasteiger partial charge in [0.25, 0.3) is 0 Å². The molecule has 2 rings (SSSR count). The predicted molar refractivity (Wildman–Crippen MR) is 60.2 cm³/mol. The summed E-state index contributed by atoms with van der Waals surface area (Å²) in [4.78, 5) is 0.779. The van der Waals surface area contributed by atoms with Gasteiger partial charge in [-0.2, -0.15) is 0 Å². The Morgan fingerprint density at radius 2 is 1.92 bits per heavy atom. The summed E-state index contributed by atoms with van der Waals surface area (Å²) in [5.41, 5.74) is 1.49. The molecule has 1 saturated carbocycles. The van der Waals surface area contributed by atoms with Crippen molar-refractivity contribution in [3.05, 3.63) is 35.9 Å². The zero-order chi connectivity index (χ0) is 9.10. The Morgan fingerprint density at radius 1 is 1.15 bits per heavy atom. The van der Waals surface area contributed by atoms with Crippen molar-refractivity contribution in [1.29, 1.82) is 0 Å². The molecule has 13 heavy (non-hydrogen) atoms. The molecule has 1 fully saturated rings. The van der Waals surface area contributed by atoms with Crippen LogP contribution in [0.3, 0.4) is 0 Å². The molecule has 1 aliphatic carbocycles. The second kappa shape index (κ2) is 4.28. The molecular formula is C12H15Br. The Hall–Kier alpha value is -0.300. The molecule has 1 aromatic carbocycles. The lowest BCUT2D eigenvalue weighted by atomic mass is 9.98. The summed E-state index contributed by atoms with van der Waals surface area (Å²) in [7, 11) is 0. The summed E-state index contributed by atoms with van der Waals surface area (Å²) in [5.74, 6) is 0.909. The van der Waals surface area contributed by atoms with Crippen molar-refractivity contribution < 1.29 is 0 Å². The zero-order valence-corrected chi connectivity index (χ0v) is 9.33. The van der Waals surface area contributed by atoms with Gasteiger partial charge in [-0.3, -0.25) is 0 Å². The van der Waals surface area contributed by atoms with Gasteiger partial charge in [0, 0.05) is 4.83 Å². The Morgan fingerprint density at radius 3 is 2.54 bits per heavy atom. The smallest absolute Gasteiger partial charge is 0.0148 e. The fraction of sp³-hybridized carbons (Fsp3) is 0.500. The third-order valence-electron chi connectivity index (χ3n) is 2.84. The molecule has 1 aliphatic rings. The number of rotatable bonds is 2. The third kappa shape index (κ3) is 2.57. The predicted octanol–water partition coefficient (Wildman–Crippen LogP) is 3.79. The molecule has 1 heteroatoms. The van der Waals surface area contributed by atoms with Crippen LogP contribution in [0.25, 0.3) is 0 Å². The van der Waals surface area contributed by atoms with Crippen LogP contribution in [0, 0.1) is 5.92 Å². The summed E-state index contributed by atoms with van der Waals surface area (Å²) in [6.45, 7) is 0. The molecule has 1 aromatic rings. The van der Waals surface area contributed by atoms with Crippen LogP contribution in [-0.4, -0.2) is 4.83 Å². The number of hydrogen-bond acceptors (Lipinski definition) is 0. The molecule has 0 aromatic heterocycles. The molecule has 2 unspecified atom stereocenters. The van der Waals surface area contributed by atoms with Crippen LogP contribution in [-0.2, 0) is 6.42 Å². The van der Waals surface area contributed by atoms with Crippen LogP contribution in [0.1, 0.15) is 24.8 Å². The van der Waals surface area contributed by atoms with E-state index in [0.717, 1.165) is 10.7 Å². The first-order chi connectivity index (χ1) is 6.34. The Labute approximate surface area is 88.5 Å². The summed E-state index contributed by atoms with van der Waals surface area (Å²) >= 11 is 3.69. The average molecular weight is 239 g/mol. The summed E-state index contributed by atoms with van der Waals surface area (Å²) in [6, 6.07) is 10.8. The van der Waals surface area contributed by atoms with Crippen LogP contribution < -0.4 is 0 Å². The molecule has 0 aliphatic heterocycles. The van der Waals surface area contributed by atoms with Crippen molar-refractivity contribution in [2.45, 2.75) is 30.5 Å². The molecule has 0 nitrogen and oxygen atoms in total. The van der Waals surface area contributed by atoms with Crippen molar-refractivity contribution in [3.8, 4) is 0 Å². The van der Waals surface area contributed by atoms with Gasteiger partial charge >= 0.3 is 0 Å². The first-order valence-corrected chi connectivity index (χ1v) is 5.94. The Bertz CT molecular complexity index is 255. The summed E-state index contributed by atoms with van der Waals surface area (Å²) in [6.07, 6.45) is 5.38. The molecule has 0 saturated heterocycles. The number of hydrogen-bond donors (Lipinski definition) is 0. The normalized spacial score (nSPS) is 27.8. The minimum atomic E-state index is 0.779. The molecule has 0 amide bonds. The van der Waals surface area contributed by atoms with E-state index >= 15 is 0 Å². The van der Waals surface area contributed by atoms with E-state index in [1.807, 2.05) is 0 Å². The summed E-state index contributed by atoms with van der Waals surface area (Å²) in [5, 5.41) is 0. The molecule has 0 radical (unpaired) electrons. The highest BCUT2D eigenvalue weighted by molar-refractivity contribution is 9.09. The highest BCUT2D eigenvalue weighted by Gasteiger charge is 2.22. The van der Waals surface area contributed by atoms with E-state index in [1.54, 1.807) is 0 Å². The van der Waals surface area contributed by atoms with E-state index in [2.05, 4.69) is 46.3 Å². The third-order valence-corrected chi connectivity index (χ3v) is 3.68. The molecule has 2 atom stereocenters. The Balaban J connectivity index is 1.92. The minimum Gasteiger partial charge on any atom is -0.0891 e. The maximum atomic E-state index is 3.69. The molecule has 0 bridgehead atoms. The Kier molecular flexibility index (Phi) is 3.05. The molecule has 0 N–H and O–H groups in total. The van der Waals surface area contributed by atoms with E-state index < -0.39 is 0 Å². The van der Waals surface area contributed by atoms with Crippen molar-refractivity contribution in [2.75, 3.05) is 0 Å². The summed E-state index contributed by atoms with van der Waals surface area (Å²) < 4.78 is 0. The standard InChI is InChI=1S/C12H15Br/c13-12-7-6-11(9-12)8-10-4-2-1-3-5-10/h1-5,11-12H,6-9H2. The van der Waals surface area contributed by atoms with Gasteiger partial charge in [0.15, 0.2) is 0 Å². The maximum Gasteiger partial charge on any atom is 0.0148 e. The second-order valence-corrected chi connectivity index (χ2v) is 5.26. The van der Waals surface area contributed by atoms with Gasteiger partial charge in [-0.15, -0.1) is 0 Å². The van der Waals surface area contributed by atoms with E-state index in [1.165, 1.54) is 31.2 Å². The fourth-order valence-corrected chi connectivity index (χ4v) is 2.94. The quantitative estimate of drug-likeness (QED) is 0.689. The first-order valence-electron chi connectivity index (χ1n) is 5.02. The van der Waals surface area contributed by atoms with Crippen LogP contribution in [0.5, 0.6) is 0 Å². The second-order valence-electron chi connectivity index (χ2n) is 3.97. The van der Waals surface area contributed by atoms with Crippen molar-refractivity contribution in [2.24, 2.45) is 5.92 Å². The lowest BCUT2D eigenvalue weighted by molar-refractivity contribution is 0.548. The highest BCUT2D eigenvalue weighted by Crippen LogP contribution is 2.32. The molecule has 0 heterocycles. The van der Waals surface area contributed by atoms with E-state index in [4.69, 9.17) is 0 Å². The average Bonchev–Trinajstić information content (AvgIpc) is 2.53. The SMILES string of the molecule is BrC1CCC(Cc2ccccc2)C1. The number of halogens is 1. The van der Waals surface area contributed by atoms with Gasteiger partial charge in [0.2, 0.25) is 0 Å². The topological polar surface area (TPSA) is 0 Å². The molecule has 0 spiro atoms. The maximum absolute atomic E-state index is 3.69. The molecular weight excluding hydrogens is 224 g/mol. The molecule has 70 valence electrons. The van der Waals surface area contributed by atoms with Crippen molar-refractivity contribution in [3.63, 3.8) is 0 Å². The fourth-order valence-electron chi connectivity index (χ4n) is 2.15. The van der Waals surface area contributed by atoms with Gasteiger partial charge in [-0.25, -0.2) is 0 Å². The lowest BCUT2D eigenvalue weighted by Crippen LogP contribution is -1.99. The van der Waals surface area contributed by atoms with Crippen LogP contribution in [0.4, 0.5) is 0 Å². The van der Waals surface area contributed by atoms with Crippen LogP contribution in [0.2, 0.25) is 0 Å². The van der Waals surface area contributed by atoms with Crippen molar-refractivity contribution in [1.82, 2.24) is 0 Å². The number of benzene rings is 1. The van der Waals surface area contributed by atoms with Gasteiger partial charge < -0.3 is 0 Å². The van der Waals surface area contributed by atoms with Gasteiger partial charge in [0.1, 0.15) is 0 Å². The van der Waals surface area contributed by atoms with Crippen LogP contribution in [0.15, 0.2) is 30.3 Å². The monoisotopic (exact) mass is 238 g/mol. The number of alkyl halides is 1. The first kappa shape index (κ1) is 9.26. The van der Waals surface area contributed by atoms with E-state index in [-0.39, 0.29) is 0 Å². The largest absolute Gasteiger partial charge is 0.0891 e. The van der Waals surface area contributed by atoms with Crippen LogP contribution >= 0.6 is 15.9 Å². The van der Waals surface area contributed by atoms with Crippen molar-refractivity contribution >= 4 is 15.9 Å². The van der Waals surface area contributed by atoms with Gasteiger partial charge in [-0.1, -0.05) is 46.3 Å².